The van der Waals surface area contributed by atoms with Crippen LogP contribution in [-0.2, 0) is 18.2 Å². The summed E-state index contributed by atoms with van der Waals surface area (Å²) in [5, 5.41) is 0. The number of para-hydroxylation sites is 1. The lowest BCUT2D eigenvalue weighted by atomic mass is 9.54. The fraction of sp³-hybridized carbons (Fsp3) is 0.200. The van der Waals surface area contributed by atoms with E-state index in [0.29, 0.717) is 5.69 Å². The fourth-order valence-corrected chi connectivity index (χ4v) is 8.02. The number of hydrogen-bond donors (Lipinski definition) is 0. The van der Waals surface area contributed by atoms with Gasteiger partial charge in [0, 0.05) is 0 Å². The maximum absolute atomic E-state index is 13.9. The van der Waals surface area contributed by atoms with E-state index in [0.717, 1.165) is 27.8 Å². The second-order valence-corrected chi connectivity index (χ2v) is 10.8. The number of anilines is 1. The molecule has 3 aromatic rings. The summed E-state index contributed by atoms with van der Waals surface area (Å²) in [5.74, 6) is -1.37. The number of benzene rings is 3. The van der Waals surface area contributed by atoms with Crippen molar-refractivity contribution in [2.24, 2.45) is 11.8 Å². The highest BCUT2D eigenvalue weighted by atomic mass is 79.9. The highest BCUT2D eigenvalue weighted by molar-refractivity contribution is 9.10. The van der Waals surface area contributed by atoms with Gasteiger partial charge in [-0.2, -0.15) is 0 Å². The highest BCUT2D eigenvalue weighted by Gasteiger charge is 2.72. The van der Waals surface area contributed by atoms with Crippen LogP contribution in [-0.4, -0.2) is 11.8 Å². The number of carbonyl (C=O) groups excluding carboxylic acids is 2. The van der Waals surface area contributed by atoms with Crippen molar-refractivity contribution in [1.82, 2.24) is 0 Å². The maximum Gasteiger partial charge on any atom is 0.239 e. The predicted octanol–water partition coefficient (Wildman–Crippen LogP) is 5.40. The summed E-state index contributed by atoms with van der Waals surface area (Å²) >= 11 is 8.05. The van der Waals surface area contributed by atoms with Gasteiger partial charge in [0.05, 0.1) is 26.2 Å². The van der Waals surface area contributed by atoms with Gasteiger partial charge in [0.1, 0.15) is 0 Å². The van der Waals surface area contributed by atoms with Gasteiger partial charge in [-0.3, -0.25) is 9.59 Å². The number of hydrogen-bond acceptors (Lipinski definition) is 2. The van der Waals surface area contributed by atoms with Gasteiger partial charge < -0.3 is 0 Å². The Morgan fingerprint density at radius 3 is 1.43 bits per heavy atom. The molecule has 0 radical (unpaired) electrons. The Kier molecular flexibility index (Phi) is 3.66. The van der Waals surface area contributed by atoms with Gasteiger partial charge in [-0.05, 0) is 40.8 Å². The summed E-state index contributed by atoms with van der Waals surface area (Å²) in [5.41, 5.74) is 5.78. The average Bonchev–Trinajstić information content (AvgIpc) is 3.04. The summed E-state index contributed by atoms with van der Waals surface area (Å²) in [4.78, 5) is 29.2. The molecule has 1 aliphatic heterocycles. The number of alkyl halides is 2. The molecule has 30 heavy (non-hydrogen) atoms. The van der Waals surface area contributed by atoms with Crippen molar-refractivity contribution in [2.45, 2.75) is 15.6 Å². The molecule has 3 aromatic carbocycles. The van der Waals surface area contributed by atoms with E-state index in [1.165, 1.54) is 4.90 Å². The Hall–Kier alpha value is -2.24. The minimum atomic E-state index is -0.745. The van der Waals surface area contributed by atoms with E-state index < -0.39 is 20.5 Å². The lowest BCUT2D eigenvalue weighted by Gasteiger charge is -2.55. The van der Waals surface area contributed by atoms with Gasteiger partial charge in [0.25, 0.3) is 0 Å². The van der Waals surface area contributed by atoms with Crippen LogP contribution in [0.25, 0.3) is 0 Å². The molecule has 1 heterocycles. The number of imide groups is 1. The number of amides is 2. The second-order valence-electron chi connectivity index (χ2n) is 8.27. The first-order valence-corrected chi connectivity index (χ1v) is 11.5. The molecule has 0 spiro atoms. The van der Waals surface area contributed by atoms with Crippen LogP contribution in [0.1, 0.15) is 27.8 Å². The predicted molar refractivity (Wildman–Crippen MR) is 123 cm³/mol. The molecular weight excluding hydrogens is 506 g/mol. The third-order valence-corrected chi connectivity index (χ3v) is 9.64. The molecular formula is C25H17Br2NO2. The number of aryl methyl sites for hydroxylation is 1. The van der Waals surface area contributed by atoms with Crippen molar-refractivity contribution >= 4 is 49.4 Å². The summed E-state index contributed by atoms with van der Waals surface area (Å²) in [6.45, 7) is 1.93. The van der Waals surface area contributed by atoms with Gasteiger partial charge in [-0.15, -0.1) is 0 Å². The fourth-order valence-electron chi connectivity index (χ4n) is 5.72. The van der Waals surface area contributed by atoms with Crippen molar-refractivity contribution in [2.75, 3.05) is 4.90 Å². The highest BCUT2D eigenvalue weighted by Crippen LogP contribution is 2.70. The molecule has 4 aliphatic rings. The minimum absolute atomic E-state index is 0.149. The lowest BCUT2D eigenvalue weighted by Crippen LogP contribution is -2.56. The van der Waals surface area contributed by atoms with E-state index in [1.807, 2.05) is 55.5 Å². The lowest BCUT2D eigenvalue weighted by molar-refractivity contribution is -0.122. The Morgan fingerprint density at radius 1 is 0.667 bits per heavy atom. The van der Waals surface area contributed by atoms with Crippen LogP contribution in [0.2, 0.25) is 0 Å². The van der Waals surface area contributed by atoms with Crippen LogP contribution in [0.4, 0.5) is 5.69 Å². The van der Waals surface area contributed by atoms with E-state index in [-0.39, 0.29) is 11.8 Å². The van der Waals surface area contributed by atoms with Crippen LogP contribution in [0.3, 0.4) is 0 Å². The molecule has 3 aliphatic carbocycles. The van der Waals surface area contributed by atoms with Crippen molar-refractivity contribution in [3.05, 3.63) is 101 Å². The SMILES string of the molecule is Cc1ccccc1N1C(=O)[C@@H]2[C@@H](C1=O)C1(Br)c3ccccc3C2(Br)c2ccccc21. The molecule has 1 saturated heterocycles. The zero-order chi connectivity index (χ0) is 20.8. The molecule has 7 rings (SSSR count). The van der Waals surface area contributed by atoms with Crippen molar-refractivity contribution in [1.29, 1.82) is 0 Å². The van der Waals surface area contributed by atoms with Crippen molar-refractivity contribution in [3.8, 4) is 0 Å². The summed E-state index contributed by atoms with van der Waals surface area (Å²) in [6, 6.07) is 23.8. The maximum atomic E-state index is 13.9. The zero-order valence-electron chi connectivity index (χ0n) is 16.1. The van der Waals surface area contributed by atoms with Crippen LogP contribution >= 0.6 is 31.9 Å². The van der Waals surface area contributed by atoms with E-state index in [2.05, 4.69) is 56.1 Å². The zero-order valence-corrected chi connectivity index (χ0v) is 19.3. The van der Waals surface area contributed by atoms with Gasteiger partial charge in [0.2, 0.25) is 11.8 Å². The average molecular weight is 523 g/mol. The molecule has 2 bridgehead atoms. The smallest absolute Gasteiger partial charge is 0.239 e. The third-order valence-electron chi connectivity index (χ3n) is 6.94. The summed E-state index contributed by atoms with van der Waals surface area (Å²) in [7, 11) is 0. The quantitative estimate of drug-likeness (QED) is 0.317. The molecule has 0 saturated carbocycles. The van der Waals surface area contributed by atoms with Gasteiger partial charge in [0.15, 0.2) is 0 Å². The number of halogens is 2. The first-order valence-electron chi connectivity index (χ1n) is 9.93. The molecule has 2 amide bonds. The first-order chi connectivity index (χ1) is 14.4. The van der Waals surface area contributed by atoms with Crippen LogP contribution in [0, 0.1) is 18.8 Å². The topological polar surface area (TPSA) is 37.4 Å². The number of carbonyl (C=O) groups is 2. The Morgan fingerprint density at radius 2 is 1.03 bits per heavy atom. The Bertz CT molecular complexity index is 1150. The molecule has 0 unspecified atom stereocenters. The monoisotopic (exact) mass is 521 g/mol. The number of nitrogens with zero attached hydrogens (tertiary/aromatic N) is 1. The van der Waals surface area contributed by atoms with Gasteiger partial charge >= 0.3 is 0 Å². The van der Waals surface area contributed by atoms with Gasteiger partial charge in [-0.1, -0.05) is 98.6 Å². The molecule has 1 fully saturated rings. The van der Waals surface area contributed by atoms with Crippen LogP contribution in [0.5, 0.6) is 0 Å². The second kappa shape index (κ2) is 5.92. The third kappa shape index (κ3) is 1.92. The van der Waals surface area contributed by atoms with E-state index in [9.17, 15) is 9.59 Å². The molecule has 2 atom stereocenters. The molecule has 3 nitrogen and oxygen atoms in total. The molecule has 148 valence electrons. The standard InChI is InChI=1S/C25H17Br2NO2/c1-14-8-2-7-13-19(14)28-22(29)20-21(23(28)30)25(27)16-10-4-3-9-15(16)24(20,26)17-11-5-6-12-18(17)25/h2-13,20-21H,1H3/t20-,21-,24?,25?/m0/s1. The summed E-state index contributed by atoms with van der Waals surface area (Å²) in [6.07, 6.45) is 0. The normalized spacial score (nSPS) is 30.8. The van der Waals surface area contributed by atoms with Crippen LogP contribution in [0.15, 0.2) is 72.8 Å². The first kappa shape index (κ1) is 18.5. The Labute approximate surface area is 191 Å². The van der Waals surface area contributed by atoms with Crippen LogP contribution < -0.4 is 4.90 Å². The van der Waals surface area contributed by atoms with Crippen molar-refractivity contribution in [3.63, 3.8) is 0 Å². The van der Waals surface area contributed by atoms with E-state index in [1.54, 1.807) is 0 Å². The molecule has 0 aromatic heterocycles. The van der Waals surface area contributed by atoms with Gasteiger partial charge in [-0.25, -0.2) is 4.90 Å². The Balaban J connectivity index is 1.68. The molecule has 5 heteroatoms. The van der Waals surface area contributed by atoms with E-state index in [4.69, 9.17) is 0 Å². The summed E-state index contributed by atoms with van der Waals surface area (Å²) < 4.78 is -1.49. The minimum Gasteiger partial charge on any atom is -0.274 e. The number of rotatable bonds is 1. The molecule has 0 N–H and O–H groups in total. The largest absolute Gasteiger partial charge is 0.274 e. The van der Waals surface area contributed by atoms with E-state index >= 15 is 0 Å². The van der Waals surface area contributed by atoms with Crippen molar-refractivity contribution < 1.29 is 9.59 Å².